The fourth-order valence-electron chi connectivity index (χ4n) is 3.35. The molecule has 1 aliphatic heterocycles. The Balaban J connectivity index is 1.59. The van der Waals surface area contributed by atoms with Crippen molar-refractivity contribution in [3.63, 3.8) is 0 Å². The maximum atomic E-state index is 13.1. The van der Waals surface area contributed by atoms with Crippen LogP contribution >= 0.6 is 11.3 Å². The summed E-state index contributed by atoms with van der Waals surface area (Å²) in [5.41, 5.74) is 2.43. The molecule has 0 bridgehead atoms. The molecule has 0 fully saturated rings. The van der Waals surface area contributed by atoms with Crippen LogP contribution in [0.5, 0.6) is 11.5 Å². The number of aliphatic imine (C=N–C) groups is 1. The number of ether oxygens (including phenoxy) is 2. The van der Waals surface area contributed by atoms with Crippen LogP contribution in [0.15, 0.2) is 65.0 Å². The first kappa shape index (κ1) is 20.6. The number of carbonyl (C=O) groups is 2. The van der Waals surface area contributed by atoms with Gasteiger partial charge in [0, 0.05) is 10.9 Å². The second kappa shape index (κ2) is 9.01. The van der Waals surface area contributed by atoms with Crippen molar-refractivity contribution in [2.75, 3.05) is 31.0 Å². The Labute approximate surface area is 183 Å². The zero-order valence-electron chi connectivity index (χ0n) is 17.1. The van der Waals surface area contributed by atoms with E-state index in [-0.39, 0.29) is 24.8 Å². The number of nitrogens with one attached hydrogen (secondary N) is 1. The second-order valence-electron chi connectivity index (χ2n) is 6.80. The normalized spacial score (nSPS) is 13.2. The van der Waals surface area contributed by atoms with Gasteiger partial charge in [-0.1, -0.05) is 18.2 Å². The molecule has 2 heterocycles. The van der Waals surface area contributed by atoms with Gasteiger partial charge in [0.25, 0.3) is 0 Å². The Morgan fingerprint density at radius 1 is 1.13 bits per heavy atom. The molecule has 0 unspecified atom stereocenters. The third-order valence-electron chi connectivity index (χ3n) is 4.84. The summed E-state index contributed by atoms with van der Waals surface area (Å²) in [4.78, 5) is 33.1. The van der Waals surface area contributed by atoms with E-state index >= 15 is 0 Å². The topological polar surface area (TPSA) is 80.2 Å². The molecular weight excluding hydrogens is 414 g/mol. The van der Waals surface area contributed by atoms with Gasteiger partial charge in [-0.25, -0.2) is 4.99 Å². The number of methoxy groups -OCH3 is 2. The number of carbonyl (C=O) groups excluding carboxylic acids is 2. The molecule has 0 radical (unpaired) electrons. The van der Waals surface area contributed by atoms with E-state index < -0.39 is 0 Å². The number of benzene rings is 2. The molecule has 0 saturated heterocycles. The van der Waals surface area contributed by atoms with Crippen LogP contribution in [0.2, 0.25) is 0 Å². The lowest BCUT2D eigenvalue weighted by Gasteiger charge is -2.22. The van der Waals surface area contributed by atoms with Crippen LogP contribution in [0.25, 0.3) is 0 Å². The molecule has 8 heteroatoms. The number of amides is 2. The summed E-state index contributed by atoms with van der Waals surface area (Å²) in [7, 11) is 3.07. The molecule has 2 aromatic carbocycles. The number of fused-ring (bicyclic) bond motifs is 1. The van der Waals surface area contributed by atoms with E-state index in [0.717, 1.165) is 4.88 Å². The van der Waals surface area contributed by atoms with Crippen molar-refractivity contribution in [2.24, 2.45) is 4.99 Å². The summed E-state index contributed by atoms with van der Waals surface area (Å²) in [5, 5.41) is 4.77. The monoisotopic (exact) mass is 435 g/mol. The van der Waals surface area contributed by atoms with Gasteiger partial charge in [0.2, 0.25) is 11.8 Å². The highest BCUT2D eigenvalue weighted by Gasteiger charge is 2.27. The number of hydrogen-bond acceptors (Lipinski definition) is 6. The van der Waals surface area contributed by atoms with Gasteiger partial charge in [0.05, 0.1) is 43.4 Å². The second-order valence-corrected chi connectivity index (χ2v) is 7.74. The van der Waals surface area contributed by atoms with Gasteiger partial charge in [0.15, 0.2) is 0 Å². The summed E-state index contributed by atoms with van der Waals surface area (Å²) in [6.07, 6.45) is 0.116. The van der Waals surface area contributed by atoms with E-state index in [1.807, 2.05) is 35.7 Å². The number of thiophene rings is 1. The van der Waals surface area contributed by atoms with Gasteiger partial charge in [-0.15, -0.1) is 11.3 Å². The first-order valence-electron chi connectivity index (χ1n) is 9.61. The molecule has 158 valence electrons. The lowest BCUT2D eigenvalue weighted by molar-refractivity contribution is -0.120. The lowest BCUT2D eigenvalue weighted by atomic mass is 10.2. The predicted octanol–water partition coefficient (Wildman–Crippen LogP) is 4.26. The molecule has 7 nitrogen and oxygen atoms in total. The van der Waals surface area contributed by atoms with Crippen LogP contribution in [-0.4, -0.2) is 38.3 Å². The molecule has 0 atom stereocenters. The van der Waals surface area contributed by atoms with Crippen molar-refractivity contribution in [1.29, 1.82) is 0 Å². The van der Waals surface area contributed by atoms with Gasteiger partial charge in [0.1, 0.15) is 18.0 Å². The Kier molecular flexibility index (Phi) is 5.99. The van der Waals surface area contributed by atoms with Crippen LogP contribution in [-0.2, 0) is 9.59 Å². The minimum absolute atomic E-state index is 0.116. The Bertz CT molecular complexity index is 1140. The highest BCUT2D eigenvalue weighted by atomic mass is 32.1. The van der Waals surface area contributed by atoms with Gasteiger partial charge >= 0.3 is 0 Å². The van der Waals surface area contributed by atoms with Gasteiger partial charge in [-0.2, -0.15) is 0 Å². The molecular formula is C23H21N3O4S. The lowest BCUT2D eigenvalue weighted by Crippen LogP contribution is -2.38. The third kappa shape index (κ3) is 4.44. The third-order valence-corrected chi connectivity index (χ3v) is 5.75. The zero-order chi connectivity index (χ0) is 21.8. The average Bonchev–Trinajstić information content (AvgIpc) is 3.28. The Hall–Kier alpha value is -3.65. The van der Waals surface area contributed by atoms with Crippen LogP contribution in [0.4, 0.5) is 17.1 Å². The molecule has 1 N–H and O–H groups in total. The molecule has 1 aromatic heterocycles. The van der Waals surface area contributed by atoms with E-state index in [2.05, 4.69) is 5.32 Å². The smallest absolute Gasteiger partial charge is 0.244 e. The van der Waals surface area contributed by atoms with Crippen molar-refractivity contribution in [3.8, 4) is 11.5 Å². The number of nitrogens with zero attached hydrogens (tertiary/aromatic N) is 2. The SMILES string of the molecule is COc1ccc(OC)c(NC(=O)CN2C(=O)CC(c3cccs3)=Nc3ccccc32)c1. The summed E-state index contributed by atoms with van der Waals surface area (Å²) >= 11 is 1.53. The molecule has 4 rings (SSSR count). The van der Waals surface area contributed by atoms with Crippen molar-refractivity contribution < 1.29 is 19.1 Å². The highest BCUT2D eigenvalue weighted by Crippen LogP contribution is 2.34. The van der Waals surface area contributed by atoms with Crippen molar-refractivity contribution in [2.45, 2.75) is 6.42 Å². The van der Waals surface area contributed by atoms with Crippen molar-refractivity contribution in [1.82, 2.24) is 0 Å². The Morgan fingerprint density at radius 2 is 1.97 bits per heavy atom. The largest absolute Gasteiger partial charge is 0.497 e. The summed E-state index contributed by atoms with van der Waals surface area (Å²) < 4.78 is 10.5. The molecule has 0 spiro atoms. The minimum atomic E-state index is -0.353. The number of rotatable bonds is 6. The number of para-hydroxylation sites is 2. The van der Waals surface area contributed by atoms with E-state index in [0.29, 0.717) is 34.3 Å². The van der Waals surface area contributed by atoms with Crippen molar-refractivity contribution in [3.05, 3.63) is 64.9 Å². The Morgan fingerprint density at radius 3 is 2.71 bits per heavy atom. The number of anilines is 2. The molecule has 0 saturated carbocycles. The van der Waals surface area contributed by atoms with Crippen LogP contribution in [0.1, 0.15) is 11.3 Å². The van der Waals surface area contributed by atoms with E-state index in [1.165, 1.54) is 23.3 Å². The van der Waals surface area contributed by atoms with Crippen LogP contribution in [0, 0.1) is 0 Å². The molecule has 3 aromatic rings. The first-order valence-corrected chi connectivity index (χ1v) is 10.5. The van der Waals surface area contributed by atoms with E-state index in [1.54, 1.807) is 31.4 Å². The predicted molar refractivity (Wildman–Crippen MR) is 122 cm³/mol. The van der Waals surface area contributed by atoms with E-state index in [9.17, 15) is 9.59 Å². The maximum Gasteiger partial charge on any atom is 0.244 e. The fourth-order valence-corrected chi connectivity index (χ4v) is 4.06. The number of hydrogen-bond donors (Lipinski definition) is 1. The fraction of sp³-hybridized carbons (Fsp3) is 0.174. The summed E-state index contributed by atoms with van der Waals surface area (Å²) in [5.74, 6) is 0.542. The van der Waals surface area contributed by atoms with Gasteiger partial charge < -0.3 is 19.7 Å². The zero-order valence-corrected chi connectivity index (χ0v) is 17.9. The molecule has 0 aliphatic carbocycles. The molecule has 1 aliphatic rings. The molecule has 31 heavy (non-hydrogen) atoms. The van der Waals surface area contributed by atoms with Gasteiger partial charge in [-0.3, -0.25) is 9.59 Å². The quantitative estimate of drug-likeness (QED) is 0.627. The summed E-state index contributed by atoms with van der Waals surface area (Å²) in [6, 6.07) is 16.3. The summed E-state index contributed by atoms with van der Waals surface area (Å²) in [6.45, 7) is -0.149. The van der Waals surface area contributed by atoms with E-state index in [4.69, 9.17) is 14.5 Å². The standard InChI is InChI=1S/C23H21N3O4S/c1-29-15-9-10-20(30-2)17(12-15)25-22(27)14-26-19-7-4-3-6-16(19)24-18(13-23(26)28)21-8-5-11-31-21/h3-12H,13-14H2,1-2H3,(H,25,27). The minimum Gasteiger partial charge on any atom is -0.497 e. The van der Waals surface area contributed by atoms with Gasteiger partial charge in [-0.05, 0) is 35.7 Å². The van der Waals surface area contributed by atoms with Crippen LogP contribution < -0.4 is 19.7 Å². The van der Waals surface area contributed by atoms with Crippen LogP contribution in [0.3, 0.4) is 0 Å². The first-order chi connectivity index (χ1) is 15.1. The maximum absolute atomic E-state index is 13.1. The highest BCUT2D eigenvalue weighted by molar-refractivity contribution is 7.12. The van der Waals surface area contributed by atoms with Crippen molar-refractivity contribution >= 4 is 45.9 Å². The molecule has 2 amide bonds. The average molecular weight is 436 g/mol.